The van der Waals surface area contributed by atoms with Gasteiger partial charge in [0.1, 0.15) is 5.75 Å². The number of rotatable bonds is 8. The van der Waals surface area contributed by atoms with Gasteiger partial charge in [0, 0.05) is 22.3 Å². The molecule has 0 heterocycles. The Morgan fingerprint density at radius 2 is 1.64 bits per heavy atom. The van der Waals surface area contributed by atoms with Crippen LogP contribution >= 0.6 is 15.9 Å². The molecule has 0 spiro atoms. The van der Waals surface area contributed by atoms with Crippen LogP contribution in [0.2, 0.25) is 0 Å². The van der Waals surface area contributed by atoms with Crippen LogP contribution in [-0.2, 0) is 20.9 Å². The molecule has 3 amide bonds. The van der Waals surface area contributed by atoms with Crippen molar-refractivity contribution < 1.29 is 19.1 Å². The van der Waals surface area contributed by atoms with Gasteiger partial charge in [0.05, 0.1) is 6.21 Å². The Hall–Kier alpha value is -3.98. The largest absolute Gasteiger partial charge is 0.483 e. The number of amides is 3. The Morgan fingerprint density at radius 3 is 2.39 bits per heavy atom. The lowest BCUT2D eigenvalue weighted by Gasteiger charge is -2.12. The fourth-order valence-corrected chi connectivity index (χ4v) is 3.51. The molecule has 0 aliphatic carbocycles. The summed E-state index contributed by atoms with van der Waals surface area (Å²) < 4.78 is 6.43. The molecule has 0 fully saturated rings. The maximum absolute atomic E-state index is 12.4. The minimum atomic E-state index is -0.899. The van der Waals surface area contributed by atoms with Crippen LogP contribution in [0, 0.1) is 20.8 Å². The third kappa shape index (κ3) is 8.06. The highest BCUT2D eigenvalue weighted by Crippen LogP contribution is 2.22. The maximum atomic E-state index is 12.4. The summed E-state index contributed by atoms with van der Waals surface area (Å²) in [4.78, 5) is 36.5. The third-order valence-electron chi connectivity index (χ3n) is 5.15. The predicted octanol–water partition coefficient (Wildman–Crippen LogP) is 4.16. The summed E-state index contributed by atoms with van der Waals surface area (Å²) in [6, 6.07) is 18.6. The number of carbonyl (C=O) groups excluding carboxylic acids is 3. The summed E-state index contributed by atoms with van der Waals surface area (Å²) in [7, 11) is 0. The van der Waals surface area contributed by atoms with E-state index in [1.807, 2.05) is 63.2 Å². The number of hydrogen-bond acceptors (Lipinski definition) is 5. The normalized spacial score (nSPS) is 10.7. The second-order valence-electron chi connectivity index (χ2n) is 8.20. The first-order valence-corrected chi connectivity index (χ1v) is 12.0. The predicted molar refractivity (Wildman–Crippen MR) is 143 cm³/mol. The van der Waals surface area contributed by atoms with Crippen LogP contribution in [0.1, 0.15) is 27.8 Å². The molecule has 0 aromatic heterocycles. The SMILES string of the molecule is Cc1ccc(CNC(=O)C(=O)N/N=C\c2cc(Br)ccc2OCC(=O)Nc2cc(C)ccc2C)cc1. The van der Waals surface area contributed by atoms with Gasteiger partial charge in [-0.25, -0.2) is 5.43 Å². The van der Waals surface area contributed by atoms with E-state index in [0.29, 0.717) is 11.3 Å². The molecule has 3 N–H and O–H groups in total. The molecule has 3 aromatic rings. The summed E-state index contributed by atoms with van der Waals surface area (Å²) in [6.07, 6.45) is 1.34. The molecule has 36 heavy (non-hydrogen) atoms. The first kappa shape index (κ1) is 26.6. The lowest BCUT2D eigenvalue weighted by atomic mass is 10.1. The van der Waals surface area contributed by atoms with Crippen molar-refractivity contribution in [3.8, 4) is 5.75 Å². The van der Waals surface area contributed by atoms with Crippen LogP contribution in [0.3, 0.4) is 0 Å². The molecule has 0 bridgehead atoms. The van der Waals surface area contributed by atoms with E-state index in [1.165, 1.54) is 6.21 Å². The van der Waals surface area contributed by atoms with Crippen LogP contribution in [0.25, 0.3) is 0 Å². The quantitative estimate of drug-likeness (QED) is 0.222. The van der Waals surface area contributed by atoms with Crippen LogP contribution in [-0.4, -0.2) is 30.5 Å². The molecule has 9 heteroatoms. The highest BCUT2D eigenvalue weighted by atomic mass is 79.9. The molecule has 0 saturated carbocycles. The Bertz CT molecular complexity index is 1290. The van der Waals surface area contributed by atoms with Gasteiger partial charge in [0.15, 0.2) is 6.61 Å². The molecule has 0 aliphatic heterocycles. The van der Waals surface area contributed by atoms with E-state index in [4.69, 9.17) is 4.74 Å². The topological polar surface area (TPSA) is 109 Å². The number of ether oxygens (including phenoxy) is 1. The van der Waals surface area contributed by atoms with E-state index in [-0.39, 0.29) is 19.1 Å². The van der Waals surface area contributed by atoms with Crippen molar-refractivity contribution in [1.82, 2.24) is 10.7 Å². The van der Waals surface area contributed by atoms with Crippen LogP contribution in [0.4, 0.5) is 5.69 Å². The van der Waals surface area contributed by atoms with E-state index in [9.17, 15) is 14.4 Å². The van der Waals surface area contributed by atoms with Crippen LogP contribution in [0.15, 0.2) is 70.2 Å². The number of anilines is 1. The zero-order chi connectivity index (χ0) is 26.1. The molecule has 186 valence electrons. The summed E-state index contributed by atoms with van der Waals surface area (Å²) >= 11 is 3.38. The lowest BCUT2D eigenvalue weighted by molar-refractivity contribution is -0.139. The molecule has 3 aromatic carbocycles. The highest BCUT2D eigenvalue weighted by molar-refractivity contribution is 9.10. The van der Waals surface area contributed by atoms with E-state index >= 15 is 0 Å². The number of nitrogens with one attached hydrogen (secondary N) is 3. The minimum Gasteiger partial charge on any atom is -0.483 e. The maximum Gasteiger partial charge on any atom is 0.329 e. The number of halogens is 1. The number of benzene rings is 3. The average molecular weight is 551 g/mol. The summed E-state index contributed by atoms with van der Waals surface area (Å²) in [5.41, 5.74) is 7.40. The molecule has 0 aliphatic rings. The van der Waals surface area contributed by atoms with E-state index in [0.717, 1.165) is 32.4 Å². The number of hydrogen-bond donors (Lipinski definition) is 3. The van der Waals surface area contributed by atoms with E-state index < -0.39 is 11.8 Å². The Kier molecular flexibility index (Phi) is 9.35. The van der Waals surface area contributed by atoms with Gasteiger partial charge in [-0.1, -0.05) is 57.9 Å². The minimum absolute atomic E-state index is 0.219. The van der Waals surface area contributed by atoms with Crippen molar-refractivity contribution in [3.63, 3.8) is 0 Å². The molecule has 0 saturated heterocycles. The summed E-state index contributed by atoms with van der Waals surface area (Å²) in [5, 5.41) is 9.25. The number of aryl methyl sites for hydroxylation is 3. The zero-order valence-corrected chi connectivity index (χ0v) is 21.8. The fraction of sp³-hybridized carbons (Fsp3) is 0.185. The molecule has 3 rings (SSSR count). The summed E-state index contributed by atoms with van der Waals surface area (Å²) in [5.74, 6) is -1.63. The Morgan fingerprint density at radius 1 is 0.917 bits per heavy atom. The highest BCUT2D eigenvalue weighted by Gasteiger charge is 2.13. The van der Waals surface area contributed by atoms with Crippen molar-refractivity contribution in [2.45, 2.75) is 27.3 Å². The molecular weight excluding hydrogens is 524 g/mol. The van der Waals surface area contributed by atoms with Gasteiger partial charge in [-0.2, -0.15) is 5.10 Å². The van der Waals surface area contributed by atoms with E-state index in [1.54, 1.807) is 18.2 Å². The van der Waals surface area contributed by atoms with Gasteiger partial charge in [-0.15, -0.1) is 0 Å². The van der Waals surface area contributed by atoms with Crippen molar-refractivity contribution in [2.75, 3.05) is 11.9 Å². The average Bonchev–Trinajstić information content (AvgIpc) is 2.85. The summed E-state index contributed by atoms with van der Waals surface area (Å²) in [6.45, 7) is 5.84. The van der Waals surface area contributed by atoms with Crippen molar-refractivity contribution in [3.05, 3.63) is 93.0 Å². The Balaban J connectivity index is 1.54. The smallest absolute Gasteiger partial charge is 0.329 e. The van der Waals surface area contributed by atoms with Crippen molar-refractivity contribution in [1.29, 1.82) is 0 Å². The lowest BCUT2D eigenvalue weighted by Crippen LogP contribution is -2.37. The first-order valence-electron chi connectivity index (χ1n) is 11.2. The molecule has 8 nitrogen and oxygen atoms in total. The number of carbonyl (C=O) groups is 3. The van der Waals surface area contributed by atoms with Crippen molar-refractivity contribution >= 4 is 45.6 Å². The second-order valence-corrected chi connectivity index (χ2v) is 9.12. The van der Waals surface area contributed by atoms with Crippen LogP contribution in [0.5, 0.6) is 5.75 Å². The third-order valence-corrected chi connectivity index (χ3v) is 5.64. The van der Waals surface area contributed by atoms with Gasteiger partial charge < -0.3 is 15.4 Å². The van der Waals surface area contributed by atoms with Gasteiger partial charge in [0.25, 0.3) is 5.91 Å². The van der Waals surface area contributed by atoms with Crippen molar-refractivity contribution in [2.24, 2.45) is 5.10 Å². The fourth-order valence-electron chi connectivity index (χ4n) is 3.13. The molecule has 0 atom stereocenters. The van der Waals surface area contributed by atoms with Gasteiger partial charge in [-0.3, -0.25) is 14.4 Å². The molecular formula is C27H27BrN4O4. The van der Waals surface area contributed by atoms with Crippen LogP contribution < -0.4 is 20.8 Å². The van der Waals surface area contributed by atoms with Gasteiger partial charge in [0.2, 0.25) is 0 Å². The second kappa shape index (κ2) is 12.6. The van der Waals surface area contributed by atoms with Gasteiger partial charge in [-0.05, 0) is 61.7 Å². The number of nitrogens with zero attached hydrogens (tertiary/aromatic N) is 1. The molecule has 0 unspecified atom stereocenters. The zero-order valence-electron chi connectivity index (χ0n) is 20.2. The van der Waals surface area contributed by atoms with Gasteiger partial charge >= 0.3 is 11.8 Å². The first-order chi connectivity index (χ1) is 17.2. The Labute approximate surface area is 218 Å². The monoisotopic (exact) mass is 550 g/mol. The standard InChI is InChI=1S/C27H27BrN4O4/c1-17-5-8-20(9-6-17)14-29-26(34)27(35)32-30-15-21-13-22(28)10-11-24(21)36-16-25(33)31-23-12-18(2)4-7-19(23)3/h4-13,15H,14,16H2,1-3H3,(H,29,34)(H,31,33)(H,32,35)/b30-15-. The number of hydrazone groups is 1. The molecule has 0 radical (unpaired) electrons. The van der Waals surface area contributed by atoms with E-state index in [2.05, 4.69) is 37.1 Å².